The van der Waals surface area contributed by atoms with Crippen LogP contribution in [0.2, 0.25) is 10.0 Å². The molecule has 0 atom stereocenters. The van der Waals surface area contributed by atoms with Gasteiger partial charge in [0.05, 0.1) is 26.4 Å². The van der Waals surface area contributed by atoms with Gasteiger partial charge in [-0.2, -0.15) is 0 Å². The first-order valence-electron chi connectivity index (χ1n) is 7.20. The number of amides is 1. The summed E-state index contributed by atoms with van der Waals surface area (Å²) >= 11 is 13.6. The molecule has 9 heteroatoms. The number of nitrogens with two attached hydrogens (primary N) is 1. The van der Waals surface area contributed by atoms with E-state index in [1.54, 1.807) is 11.8 Å². The highest BCUT2D eigenvalue weighted by atomic mass is 35.5. The van der Waals surface area contributed by atoms with Crippen LogP contribution in [0.5, 0.6) is 0 Å². The summed E-state index contributed by atoms with van der Waals surface area (Å²) in [4.78, 5) is 11.9. The molecule has 128 valence electrons. The Morgan fingerprint density at radius 3 is 2.30 bits per heavy atom. The van der Waals surface area contributed by atoms with E-state index in [4.69, 9.17) is 28.3 Å². The molecule has 1 fully saturated rings. The topological polar surface area (TPSA) is 89.3 Å². The second-order valence-electron chi connectivity index (χ2n) is 5.43. The van der Waals surface area contributed by atoms with Gasteiger partial charge in [0.25, 0.3) is 0 Å². The predicted octanol–water partition coefficient (Wildman–Crippen LogP) is 3.65. The molecule has 0 unspecified atom stereocenters. The molecular weight excluding hydrogens is 379 g/mol. The Bertz CT molecular complexity index is 666. The highest BCUT2D eigenvalue weighted by molar-refractivity contribution is 8.00. The fourth-order valence-electron chi connectivity index (χ4n) is 2.43. The van der Waals surface area contributed by atoms with Crippen LogP contribution < -0.4 is 10.5 Å². The molecule has 5 nitrogen and oxygen atoms in total. The van der Waals surface area contributed by atoms with Crippen molar-refractivity contribution in [1.82, 2.24) is 0 Å². The normalized spacial score (nSPS) is 16.3. The monoisotopic (exact) mass is 396 g/mol. The molecule has 23 heavy (non-hydrogen) atoms. The number of sulfonamides is 1. The van der Waals surface area contributed by atoms with E-state index in [2.05, 4.69) is 5.32 Å². The van der Waals surface area contributed by atoms with Gasteiger partial charge in [0.15, 0.2) is 0 Å². The number of nitrogens with one attached hydrogen (secondary N) is 1. The standard InChI is InChI=1S/C14H18Cl2N2O3S2/c15-11-6-10(23(17,20)21)7-12(16)14(11)18-13(19)8-22-9-4-2-1-3-5-9/h6-7,9H,1-5,8H2,(H,18,19)(H2,17,20,21). The lowest BCUT2D eigenvalue weighted by atomic mass is 10.0. The lowest BCUT2D eigenvalue weighted by molar-refractivity contribution is -0.113. The summed E-state index contributed by atoms with van der Waals surface area (Å²) in [5.41, 5.74) is 0.204. The van der Waals surface area contributed by atoms with Crippen molar-refractivity contribution in [3.63, 3.8) is 0 Å². The van der Waals surface area contributed by atoms with E-state index >= 15 is 0 Å². The van der Waals surface area contributed by atoms with Crippen molar-refractivity contribution < 1.29 is 13.2 Å². The number of thioether (sulfide) groups is 1. The van der Waals surface area contributed by atoms with Gasteiger partial charge < -0.3 is 5.32 Å². The minimum absolute atomic E-state index is 0.0394. The number of halogens is 2. The second kappa shape index (κ2) is 8.07. The first kappa shape index (κ1) is 18.9. The van der Waals surface area contributed by atoms with Crippen LogP contribution in [0.4, 0.5) is 5.69 Å². The molecule has 1 aliphatic rings. The smallest absolute Gasteiger partial charge is 0.238 e. The van der Waals surface area contributed by atoms with Crippen LogP contribution in [0.15, 0.2) is 17.0 Å². The van der Waals surface area contributed by atoms with E-state index in [0.717, 1.165) is 12.8 Å². The number of anilines is 1. The maximum absolute atomic E-state index is 12.0. The fraction of sp³-hybridized carbons (Fsp3) is 0.500. The third-order valence-electron chi connectivity index (χ3n) is 3.61. The van der Waals surface area contributed by atoms with Gasteiger partial charge in [0.1, 0.15) is 0 Å². The zero-order valence-corrected chi connectivity index (χ0v) is 15.5. The number of hydrogen-bond donors (Lipinski definition) is 2. The molecule has 1 aromatic carbocycles. The number of hydrogen-bond acceptors (Lipinski definition) is 4. The van der Waals surface area contributed by atoms with E-state index in [1.165, 1.54) is 31.4 Å². The number of rotatable bonds is 5. The Morgan fingerprint density at radius 1 is 1.22 bits per heavy atom. The van der Waals surface area contributed by atoms with Gasteiger partial charge in [-0.15, -0.1) is 11.8 Å². The van der Waals surface area contributed by atoms with Crippen molar-refractivity contribution in [2.45, 2.75) is 42.2 Å². The molecular formula is C14H18Cl2N2O3S2. The Hall–Kier alpha value is -0.470. The third-order valence-corrected chi connectivity index (χ3v) is 6.47. The SMILES string of the molecule is NS(=O)(=O)c1cc(Cl)c(NC(=O)CSC2CCCCC2)c(Cl)c1. The predicted molar refractivity (Wildman–Crippen MR) is 95.8 cm³/mol. The number of carbonyl (C=O) groups is 1. The van der Waals surface area contributed by atoms with Gasteiger partial charge in [-0.25, -0.2) is 13.6 Å². The summed E-state index contributed by atoms with van der Waals surface area (Å²) in [7, 11) is -3.90. The fourth-order valence-corrected chi connectivity index (χ4v) is 4.84. The molecule has 0 saturated heterocycles. The molecule has 0 aliphatic heterocycles. The summed E-state index contributed by atoms with van der Waals surface area (Å²) in [5.74, 6) is 0.0987. The minimum Gasteiger partial charge on any atom is -0.323 e. The van der Waals surface area contributed by atoms with Gasteiger partial charge in [-0.1, -0.05) is 42.5 Å². The van der Waals surface area contributed by atoms with Crippen LogP contribution in [0.3, 0.4) is 0 Å². The molecule has 0 heterocycles. The number of benzene rings is 1. The summed E-state index contributed by atoms with van der Waals surface area (Å²) in [6, 6.07) is 2.35. The molecule has 0 bridgehead atoms. The van der Waals surface area contributed by atoms with Crippen LogP contribution in [-0.4, -0.2) is 25.3 Å². The van der Waals surface area contributed by atoms with Crippen molar-refractivity contribution in [1.29, 1.82) is 0 Å². The molecule has 0 spiro atoms. The van der Waals surface area contributed by atoms with Gasteiger partial charge in [-0.05, 0) is 25.0 Å². The first-order chi connectivity index (χ1) is 10.8. The van der Waals surface area contributed by atoms with Crippen LogP contribution >= 0.6 is 35.0 Å². The lowest BCUT2D eigenvalue weighted by Crippen LogP contribution is -2.18. The van der Waals surface area contributed by atoms with Gasteiger partial charge in [-0.3, -0.25) is 4.79 Å². The molecule has 1 saturated carbocycles. The van der Waals surface area contributed by atoms with Crippen LogP contribution in [0.25, 0.3) is 0 Å². The molecule has 1 aromatic rings. The average molecular weight is 397 g/mol. The van der Waals surface area contributed by atoms with Crippen molar-refractivity contribution in [2.24, 2.45) is 5.14 Å². The average Bonchev–Trinajstić information content (AvgIpc) is 2.49. The minimum atomic E-state index is -3.90. The highest BCUT2D eigenvalue weighted by Crippen LogP contribution is 2.34. The zero-order chi connectivity index (χ0) is 17.0. The molecule has 1 amide bonds. The van der Waals surface area contributed by atoms with Crippen molar-refractivity contribution in [3.8, 4) is 0 Å². The Balaban J connectivity index is 2.00. The van der Waals surface area contributed by atoms with Gasteiger partial charge >= 0.3 is 0 Å². The number of carbonyl (C=O) groups excluding carboxylic acids is 1. The van der Waals surface area contributed by atoms with E-state index in [1.807, 2.05) is 0 Å². The van der Waals surface area contributed by atoms with Crippen LogP contribution in [0.1, 0.15) is 32.1 Å². The Morgan fingerprint density at radius 2 is 1.78 bits per heavy atom. The second-order valence-corrected chi connectivity index (χ2v) is 9.09. The lowest BCUT2D eigenvalue weighted by Gasteiger charge is -2.20. The molecule has 1 aliphatic carbocycles. The highest BCUT2D eigenvalue weighted by Gasteiger charge is 2.18. The maximum Gasteiger partial charge on any atom is 0.238 e. The summed E-state index contributed by atoms with van der Waals surface area (Å²) in [6.07, 6.45) is 5.98. The Labute approximate surface area is 150 Å². The van der Waals surface area contributed by atoms with E-state index in [0.29, 0.717) is 11.0 Å². The van der Waals surface area contributed by atoms with Crippen LogP contribution in [0, 0.1) is 0 Å². The zero-order valence-electron chi connectivity index (χ0n) is 12.3. The maximum atomic E-state index is 12.0. The molecule has 0 aromatic heterocycles. The van der Waals surface area contributed by atoms with Gasteiger partial charge in [0, 0.05) is 5.25 Å². The van der Waals surface area contributed by atoms with E-state index in [-0.39, 0.29) is 26.5 Å². The number of primary sulfonamides is 1. The van der Waals surface area contributed by atoms with Crippen LogP contribution in [-0.2, 0) is 14.8 Å². The van der Waals surface area contributed by atoms with Crippen molar-refractivity contribution in [3.05, 3.63) is 22.2 Å². The first-order valence-corrected chi connectivity index (χ1v) is 10.6. The van der Waals surface area contributed by atoms with Crippen molar-refractivity contribution >= 4 is 56.6 Å². The van der Waals surface area contributed by atoms with E-state index < -0.39 is 10.0 Å². The largest absolute Gasteiger partial charge is 0.323 e. The summed E-state index contributed by atoms with van der Waals surface area (Å²) in [6.45, 7) is 0. The Kier molecular flexibility index (Phi) is 6.62. The molecule has 2 rings (SSSR count). The molecule has 0 radical (unpaired) electrons. The quantitative estimate of drug-likeness (QED) is 0.794. The van der Waals surface area contributed by atoms with Gasteiger partial charge in [0.2, 0.25) is 15.9 Å². The van der Waals surface area contributed by atoms with Crippen molar-refractivity contribution in [2.75, 3.05) is 11.1 Å². The molecule has 3 N–H and O–H groups in total. The van der Waals surface area contributed by atoms with E-state index in [9.17, 15) is 13.2 Å². The summed E-state index contributed by atoms with van der Waals surface area (Å²) in [5, 5.41) is 8.28. The third kappa shape index (κ3) is 5.53. The summed E-state index contributed by atoms with van der Waals surface area (Å²) < 4.78 is 22.6.